The van der Waals surface area contributed by atoms with E-state index in [2.05, 4.69) is 0 Å². The summed E-state index contributed by atoms with van der Waals surface area (Å²) in [4.78, 5) is 27.1. The molecule has 4 nitrogen and oxygen atoms in total. The van der Waals surface area contributed by atoms with Crippen molar-refractivity contribution in [3.63, 3.8) is 0 Å². The van der Waals surface area contributed by atoms with E-state index in [1.54, 1.807) is 11.0 Å². The fourth-order valence-electron chi connectivity index (χ4n) is 3.08. The van der Waals surface area contributed by atoms with Gasteiger partial charge in [-0.25, -0.2) is 4.79 Å². The van der Waals surface area contributed by atoms with Crippen LogP contribution in [-0.2, 0) is 11.2 Å². The number of hydrogen-bond acceptors (Lipinski definition) is 4. The fourth-order valence-corrected chi connectivity index (χ4v) is 4.09. The molecule has 5 heteroatoms. The molecule has 2 aromatic carbocycles. The summed E-state index contributed by atoms with van der Waals surface area (Å²) in [5.41, 5.74) is 2.41. The van der Waals surface area contributed by atoms with Gasteiger partial charge in [-0.3, -0.25) is 4.79 Å². The van der Waals surface area contributed by atoms with E-state index in [1.807, 2.05) is 42.5 Å². The number of ether oxygens (including phenoxy) is 1. The van der Waals surface area contributed by atoms with Crippen molar-refractivity contribution in [3.8, 4) is 0 Å². The van der Waals surface area contributed by atoms with Crippen molar-refractivity contribution in [3.05, 3.63) is 64.5 Å². The molecule has 3 aromatic rings. The van der Waals surface area contributed by atoms with E-state index >= 15 is 0 Å². The summed E-state index contributed by atoms with van der Waals surface area (Å²) < 4.78 is 5.87. The lowest BCUT2D eigenvalue weighted by atomic mass is 10.1. The first-order valence-corrected chi connectivity index (χ1v) is 8.51. The van der Waals surface area contributed by atoms with Crippen molar-refractivity contribution in [2.45, 2.75) is 6.42 Å². The van der Waals surface area contributed by atoms with Crippen molar-refractivity contribution >= 4 is 39.0 Å². The number of fused-ring (bicyclic) bond motifs is 2. The zero-order valence-corrected chi connectivity index (χ0v) is 13.9. The van der Waals surface area contributed by atoms with Crippen molar-refractivity contribution in [1.82, 2.24) is 0 Å². The lowest BCUT2D eigenvalue weighted by molar-refractivity contribution is 0.0600. The van der Waals surface area contributed by atoms with E-state index in [1.165, 1.54) is 18.4 Å². The molecule has 0 saturated heterocycles. The maximum Gasteiger partial charge on any atom is 0.337 e. The summed E-state index contributed by atoms with van der Waals surface area (Å²) in [6, 6.07) is 15.3. The van der Waals surface area contributed by atoms with Gasteiger partial charge in [-0.05, 0) is 47.7 Å². The topological polar surface area (TPSA) is 46.6 Å². The van der Waals surface area contributed by atoms with Gasteiger partial charge in [0.15, 0.2) is 0 Å². The van der Waals surface area contributed by atoms with Gasteiger partial charge in [-0.1, -0.05) is 18.2 Å². The van der Waals surface area contributed by atoms with Crippen LogP contribution < -0.4 is 4.90 Å². The summed E-state index contributed by atoms with van der Waals surface area (Å²) in [7, 11) is 1.37. The van der Waals surface area contributed by atoms with Crippen LogP contribution in [-0.4, -0.2) is 25.5 Å². The second kappa shape index (κ2) is 5.76. The average molecular weight is 337 g/mol. The molecule has 0 saturated carbocycles. The molecule has 0 unspecified atom stereocenters. The third kappa shape index (κ3) is 2.37. The Morgan fingerprint density at radius 1 is 1.12 bits per heavy atom. The predicted octanol–water partition coefficient (Wildman–Crippen LogP) is 3.89. The Labute approximate surface area is 143 Å². The van der Waals surface area contributed by atoms with Gasteiger partial charge in [-0.15, -0.1) is 11.3 Å². The molecule has 1 aliphatic rings. The summed E-state index contributed by atoms with van der Waals surface area (Å²) in [6.45, 7) is 0.632. The van der Waals surface area contributed by atoms with Gasteiger partial charge in [0, 0.05) is 16.9 Å². The maximum absolute atomic E-state index is 12.9. The van der Waals surface area contributed by atoms with Gasteiger partial charge in [0.25, 0.3) is 5.91 Å². The van der Waals surface area contributed by atoms with E-state index in [-0.39, 0.29) is 11.9 Å². The normalized spacial score (nSPS) is 13.1. The third-order valence-corrected chi connectivity index (χ3v) is 5.38. The second-order valence-corrected chi connectivity index (χ2v) is 6.77. The van der Waals surface area contributed by atoms with Crippen LogP contribution in [0.2, 0.25) is 0 Å². The van der Waals surface area contributed by atoms with Crippen LogP contribution in [0.5, 0.6) is 0 Å². The van der Waals surface area contributed by atoms with E-state index < -0.39 is 0 Å². The lowest BCUT2D eigenvalue weighted by Crippen LogP contribution is -2.28. The van der Waals surface area contributed by atoms with Crippen LogP contribution >= 0.6 is 11.3 Å². The molecule has 24 heavy (non-hydrogen) atoms. The first-order chi connectivity index (χ1) is 11.7. The lowest BCUT2D eigenvalue weighted by Gasteiger charge is -2.16. The Bertz CT molecular complexity index is 927. The second-order valence-electron chi connectivity index (χ2n) is 5.69. The highest BCUT2D eigenvalue weighted by atomic mass is 32.1. The minimum Gasteiger partial charge on any atom is -0.465 e. The van der Waals surface area contributed by atoms with Gasteiger partial charge in [0.05, 0.1) is 17.6 Å². The zero-order chi connectivity index (χ0) is 16.7. The number of carbonyl (C=O) groups excluding carboxylic acids is 2. The third-order valence-electron chi connectivity index (χ3n) is 4.28. The molecule has 120 valence electrons. The van der Waals surface area contributed by atoms with E-state index in [0.717, 1.165) is 32.6 Å². The average Bonchev–Trinajstić information content (AvgIpc) is 3.23. The zero-order valence-electron chi connectivity index (χ0n) is 13.1. The molecule has 1 amide bonds. The first kappa shape index (κ1) is 14.9. The van der Waals surface area contributed by atoms with E-state index in [0.29, 0.717) is 12.1 Å². The van der Waals surface area contributed by atoms with Gasteiger partial charge in [-0.2, -0.15) is 0 Å². The number of benzene rings is 2. The number of anilines is 1. The smallest absolute Gasteiger partial charge is 0.337 e. The van der Waals surface area contributed by atoms with Gasteiger partial charge in [0.1, 0.15) is 0 Å². The molecule has 0 atom stereocenters. The Morgan fingerprint density at radius 2 is 1.96 bits per heavy atom. The highest BCUT2D eigenvalue weighted by Gasteiger charge is 2.27. The number of esters is 1. The molecule has 0 bridgehead atoms. The van der Waals surface area contributed by atoms with Crippen LogP contribution in [0.1, 0.15) is 25.6 Å². The van der Waals surface area contributed by atoms with Crippen molar-refractivity contribution in [1.29, 1.82) is 0 Å². The molecule has 0 fully saturated rings. The molecule has 2 heterocycles. The Balaban J connectivity index is 1.67. The largest absolute Gasteiger partial charge is 0.465 e. The summed E-state index contributed by atoms with van der Waals surface area (Å²) in [5, 5.41) is 1.09. The minimum absolute atomic E-state index is 0.0146. The van der Waals surface area contributed by atoms with Crippen LogP contribution in [0.3, 0.4) is 0 Å². The summed E-state index contributed by atoms with van der Waals surface area (Å²) >= 11 is 1.51. The molecule has 4 rings (SSSR count). The molecule has 1 aromatic heterocycles. The standard InChI is InChI=1S/C19H15NO3S/c1-23-19(22)14-6-7-15-12(10-14)8-9-20(15)18(21)17-11-13-4-2-3-5-16(13)24-17/h2-7,10-11H,8-9H2,1H3. The van der Waals surface area contributed by atoms with Crippen LogP contribution in [0.25, 0.3) is 10.1 Å². The number of amides is 1. The molecule has 1 aliphatic heterocycles. The fraction of sp³-hybridized carbons (Fsp3) is 0.158. The minimum atomic E-state index is -0.355. The van der Waals surface area contributed by atoms with Gasteiger partial charge >= 0.3 is 5.97 Å². The van der Waals surface area contributed by atoms with E-state index in [4.69, 9.17) is 4.74 Å². The number of hydrogen-bond donors (Lipinski definition) is 0. The first-order valence-electron chi connectivity index (χ1n) is 7.69. The number of thiophene rings is 1. The van der Waals surface area contributed by atoms with Crippen LogP contribution in [0.4, 0.5) is 5.69 Å². The Hall–Kier alpha value is -2.66. The van der Waals surface area contributed by atoms with E-state index in [9.17, 15) is 9.59 Å². The number of rotatable bonds is 2. The number of nitrogens with zero attached hydrogens (tertiary/aromatic N) is 1. The van der Waals surface area contributed by atoms with Crippen molar-refractivity contribution < 1.29 is 14.3 Å². The van der Waals surface area contributed by atoms with Crippen molar-refractivity contribution in [2.75, 3.05) is 18.6 Å². The number of carbonyl (C=O) groups is 2. The molecule has 0 N–H and O–H groups in total. The Morgan fingerprint density at radius 3 is 2.75 bits per heavy atom. The summed E-state index contributed by atoms with van der Waals surface area (Å²) in [5.74, 6) is -0.340. The van der Waals surface area contributed by atoms with Crippen LogP contribution in [0.15, 0.2) is 48.5 Å². The van der Waals surface area contributed by atoms with Gasteiger partial charge in [0.2, 0.25) is 0 Å². The summed E-state index contributed by atoms with van der Waals surface area (Å²) in [6.07, 6.45) is 0.747. The van der Waals surface area contributed by atoms with Crippen LogP contribution in [0, 0.1) is 0 Å². The SMILES string of the molecule is COC(=O)c1ccc2c(c1)CCN2C(=O)c1cc2ccccc2s1. The molecule has 0 spiro atoms. The molecular weight excluding hydrogens is 322 g/mol. The monoisotopic (exact) mass is 337 g/mol. The molecule has 0 aliphatic carbocycles. The highest BCUT2D eigenvalue weighted by molar-refractivity contribution is 7.20. The quantitative estimate of drug-likeness (QED) is 0.667. The molecule has 0 radical (unpaired) electrons. The van der Waals surface area contributed by atoms with Gasteiger partial charge < -0.3 is 9.64 Å². The molecular formula is C19H15NO3S. The predicted molar refractivity (Wildman–Crippen MR) is 95.0 cm³/mol. The highest BCUT2D eigenvalue weighted by Crippen LogP contribution is 2.33. The van der Waals surface area contributed by atoms with Crippen molar-refractivity contribution in [2.24, 2.45) is 0 Å². The maximum atomic E-state index is 12.9. The Kier molecular flexibility index (Phi) is 3.58. The number of methoxy groups -OCH3 is 1.